The lowest BCUT2D eigenvalue weighted by atomic mass is 9.95. The van der Waals surface area contributed by atoms with Gasteiger partial charge in [0.25, 0.3) is 0 Å². The Hall–Kier alpha value is -1.02. The molecule has 1 aromatic carbocycles. The molecule has 0 saturated carbocycles. The fourth-order valence-electron chi connectivity index (χ4n) is 2.44. The van der Waals surface area contributed by atoms with Crippen molar-refractivity contribution in [3.05, 3.63) is 29.8 Å². The van der Waals surface area contributed by atoms with Gasteiger partial charge in [0.05, 0.1) is 0 Å². The summed E-state index contributed by atoms with van der Waals surface area (Å²) in [5, 5.41) is 3.67. The molecule has 0 aromatic heterocycles. The zero-order chi connectivity index (χ0) is 15.2. The summed E-state index contributed by atoms with van der Waals surface area (Å²) in [6.07, 6.45) is 3.43. The molecule has 0 fully saturated rings. The van der Waals surface area contributed by atoms with E-state index in [0.29, 0.717) is 6.04 Å². The van der Waals surface area contributed by atoms with E-state index in [-0.39, 0.29) is 5.54 Å². The molecule has 114 valence electrons. The zero-order valence-electron chi connectivity index (χ0n) is 14.2. The van der Waals surface area contributed by atoms with Crippen LogP contribution in [-0.2, 0) is 0 Å². The Balaban J connectivity index is 3.09. The molecule has 1 rings (SSSR count). The van der Waals surface area contributed by atoms with Crippen LogP contribution < -0.4 is 10.2 Å². The Morgan fingerprint density at radius 2 is 1.80 bits per heavy atom. The third-order valence-electron chi connectivity index (χ3n) is 4.50. The topological polar surface area (TPSA) is 15.3 Å². The molecule has 0 aliphatic heterocycles. The van der Waals surface area contributed by atoms with Gasteiger partial charge in [-0.15, -0.1) is 0 Å². The molecule has 1 atom stereocenters. The smallest absolute Gasteiger partial charge is 0.0416 e. The van der Waals surface area contributed by atoms with Gasteiger partial charge in [-0.1, -0.05) is 39.0 Å². The third-order valence-corrected chi connectivity index (χ3v) is 4.50. The quantitative estimate of drug-likeness (QED) is 0.736. The first-order valence-electron chi connectivity index (χ1n) is 8.04. The summed E-state index contributed by atoms with van der Waals surface area (Å²) in [6, 6.07) is 9.27. The predicted molar refractivity (Wildman–Crippen MR) is 90.5 cm³/mol. The lowest BCUT2D eigenvalue weighted by Crippen LogP contribution is -2.41. The Kier molecular flexibility index (Phi) is 6.54. The van der Waals surface area contributed by atoms with Gasteiger partial charge in [0.1, 0.15) is 0 Å². The predicted octanol–water partition coefficient (Wildman–Crippen LogP) is 4.76. The monoisotopic (exact) mass is 276 g/mol. The van der Waals surface area contributed by atoms with E-state index in [0.717, 1.165) is 19.4 Å². The largest absolute Gasteiger partial charge is 0.369 e. The minimum Gasteiger partial charge on any atom is -0.369 e. The SMILES string of the molecule is CCCNC(CC)c1ccccc1N(C)C(C)(C)CC. The molecule has 1 unspecified atom stereocenters. The minimum atomic E-state index is 0.180. The van der Waals surface area contributed by atoms with E-state index in [9.17, 15) is 0 Å². The van der Waals surface area contributed by atoms with Crippen LogP contribution in [0.4, 0.5) is 5.69 Å². The van der Waals surface area contributed by atoms with Gasteiger partial charge in [-0.2, -0.15) is 0 Å². The second-order valence-electron chi connectivity index (χ2n) is 6.20. The van der Waals surface area contributed by atoms with Crippen LogP contribution in [0.3, 0.4) is 0 Å². The van der Waals surface area contributed by atoms with Gasteiger partial charge in [0.2, 0.25) is 0 Å². The van der Waals surface area contributed by atoms with Crippen LogP contribution >= 0.6 is 0 Å². The Morgan fingerprint density at radius 3 is 2.35 bits per heavy atom. The molecule has 0 aliphatic rings. The van der Waals surface area contributed by atoms with Crippen molar-refractivity contribution in [3.63, 3.8) is 0 Å². The van der Waals surface area contributed by atoms with E-state index < -0.39 is 0 Å². The first-order chi connectivity index (χ1) is 9.47. The van der Waals surface area contributed by atoms with Crippen molar-refractivity contribution < 1.29 is 0 Å². The molecule has 0 spiro atoms. The summed E-state index contributed by atoms with van der Waals surface area (Å²) in [5.74, 6) is 0. The molecule has 0 bridgehead atoms. The Bertz CT molecular complexity index is 398. The first kappa shape index (κ1) is 17.0. The average Bonchev–Trinajstić information content (AvgIpc) is 2.47. The Labute approximate surface area is 125 Å². The van der Waals surface area contributed by atoms with Crippen molar-refractivity contribution in [2.45, 2.75) is 65.5 Å². The van der Waals surface area contributed by atoms with Crippen LogP contribution in [0.25, 0.3) is 0 Å². The lowest BCUT2D eigenvalue weighted by molar-refractivity contribution is 0.463. The van der Waals surface area contributed by atoms with E-state index in [1.807, 2.05) is 0 Å². The minimum absolute atomic E-state index is 0.180. The van der Waals surface area contributed by atoms with Gasteiger partial charge in [-0.25, -0.2) is 0 Å². The van der Waals surface area contributed by atoms with Crippen molar-refractivity contribution in [3.8, 4) is 0 Å². The van der Waals surface area contributed by atoms with E-state index in [4.69, 9.17) is 0 Å². The van der Waals surface area contributed by atoms with Gasteiger partial charge in [-0.3, -0.25) is 0 Å². The van der Waals surface area contributed by atoms with Crippen molar-refractivity contribution in [2.75, 3.05) is 18.5 Å². The highest BCUT2D eigenvalue weighted by Crippen LogP contribution is 2.32. The highest BCUT2D eigenvalue weighted by atomic mass is 15.2. The molecule has 0 amide bonds. The average molecular weight is 276 g/mol. The Morgan fingerprint density at radius 1 is 1.15 bits per heavy atom. The summed E-state index contributed by atoms with van der Waals surface area (Å²) < 4.78 is 0. The van der Waals surface area contributed by atoms with Crippen molar-refractivity contribution >= 4 is 5.69 Å². The fraction of sp³-hybridized carbons (Fsp3) is 0.667. The normalized spacial score (nSPS) is 13.3. The summed E-state index contributed by atoms with van der Waals surface area (Å²) in [4.78, 5) is 2.43. The summed E-state index contributed by atoms with van der Waals surface area (Å²) >= 11 is 0. The first-order valence-corrected chi connectivity index (χ1v) is 8.04. The number of rotatable bonds is 8. The molecule has 0 heterocycles. The van der Waals surface area contributed by atoms with Gasteiger partial charge in [0.15, 0.2) is 0 Å². The second-order valence-corrected chi connectivity index (χ2v) is 6.20. The van der Waals surface area contributed by atoms with Crippen molar-refractivity contribution in [1.29, 1.82) is 0 Å². The molecule has 1 aromatic rings. The summed E-state index contributed by atoms with van der Waals surface area (Å²) in [6.45, 7) is 12.4. The maximum atomic E-state index is 3.67. The van der Waals surface area contributed by atoms with Crippen LogP contribution in [0, 0.1) is 0 Å². The molecule has 2 nitrogen and oxygen atoms in total. The van der Waals surface area contributed by atoms with Crippen LogP contribution in [0.1, 0.15) is 65.5 Å². The fourth-order valence-corrected chi connectivity index (χ4v) is 2.44. The molecule has 20 heavy (non-hydrogen) atoms. The summed E-state index contributed by atoms with van der Waals surface area (Å²) in [7, 11) is 2.22. The molecule has 2 heteroatoms. The van der Waals surface area contributed by atoms with Crippen LogP contribution in [0.15, 0.2) is 24.3 Å². The molecule has 0 radical (unpaired) electrons. The number of hydrogen-bond donors (Lipinski definition) is 1. The third kappa shape index (κ3) is 3.99. The molecule has 0 aliphatic carbocycles. The van der Waals surface area contributed by atoms with E-state index in [1.54, 1.807) is 0 Å². The highest BCUT2D eigenvalue weighted by Gasteiger charge is 2.24. The number of anilines is 1. The lowest BCUT2D eigenvalue weighted by Gasteiger charge is -2.39. The van der Waals surface area contributed by atoms with E-state index in [2.05, 4.69) is 76.1 Å². The molecular formula is C18H32N2. The second kappa shape index (κ2) is 7.68. The van der Waals surface area contributed by atoms with Crippen LogP contribution in [0.5, 0.6) is 0 Å². The van der Waals surface area contributed by atoms with Crippen molar-refractivity contribution in [2.24, 2.45) is 0 Å². The number of para-hydroxylation sites is 1. The summed E-state index contributed by atoms with van der Waals surface area (Å²) in [5.41, 5.74) is 2.96. The van der Waals surface area contributed by atoms with Crippen LogP contribution in [0.2, 0.25) is 0 Å². The van der Waals surface area contributed by atoms with E-state index in [1.165, 1.54) is 17.7 Å². The maximum Gasteiger partial charge on any atom is 0.0416 e. The maximum absolute atomic E-state index is 3.67. The number of benzene rings is 1. The van der Waals surface area contributed by atoms with Crippen LogP contribution in [-0.4, -0.2) is 19.1 Å². The number of nitrogens with zero attached hydrogens (tertiary/aromatic N) is 1. The van der Waals surface area contributed by atoms with Gasteiger partial charge < -0.3 is 10.2 Å². The molecule has 0 saturated heterocycles. The highest BCUT2D eigenvalue weighted by molar-refractivity contribution is 5.56. The van der Waals surface area contributed by atoms with Gasteiger partial charge in [-0.05, 0) is 51.3 Å². The van der Waals surface area contributed by atoms with Gasteiger partial charge in [0, 0.05) is 24.3 Å². The zero-order valence-corrected chi connectivity index (χ0v) is 14.2. The van der Waals surface area contributed by atoms with Gasteiger partial charge >= 0.3 is 0 Å². The molecular weight excluding hydrogens is 244 g/mol. The molecule has 1 N–H and O–H groups in total. The van der Waals surface area contributed by atoms with E-state index >= 15 is 0 Å². The standard InChI is InChI=1S/C18H32N2/c1-7-14-19-16(8-2)15-12-10-11-13-17(15)20(6)18(4,5)9-3/h10-13,16,19H,7-9,14H2,1-6H3. The number of nitrogens with one attached hydrogen (secondary N) is 1. The van der Waals surface area contributed by atoms with Crippen molar-refractivity contribution in [1.82, 2.24) is 5.32 Å². The number of hydrogen-bond acceptors (Lipinski definition) is 2.